The molecule has 2 fully saturated rings. The smallest absolute Gasteiger partial charge is 0.290 e. The summed E-state index contributed by atoms with van der Waals surface area (Å²) < 4.78 is 5.76. The number of benzene rings is 1. The lowest BCUT2D eigenvalue weighted by Gasteiger charge is -2.40. The molecule has 0 unspecified atom stereocenters. The lowest BCUT2D eigenvalue weighted by Crippen LogP contribution is -2.55. The Kier molecular flexibility index (Phi) is 4.96. The summed E-state index contributed by atoms with van der Waals surface area (Å²) in [6, 6.07) is 5.13. The molecule has 1 aromatic heterocycles. The van der Waals surface area contributed by atoms with Gasteiger partial charge in [-0.2, -0.15) is 0 Å². The second-order valence-electron chi connectivity index (χ2n) is 8.01. The van der Waals surface area contributed by atoms with Gasteiger partial charge in [0.15, 0.2) is 11.2 Å². The Morgan fingerprint density at radius 2 is 1.71 bits per heavy atom. The van der Waals surface area contributed by atoms with Gasteiger partial charge in [0.1, 0.15) is 12.1 Å². The van der Waals surface area contributed by atoms with E-state index in [0.29, 0.717) is 30.1 Å². The topological polar surface area (TPSA) is 70.8 Å². The van der Waals surface area contributed by atoms with Crippen molar-refractivity contribution in [1.82, 2.24) is 9.80 Å². The molecule has 2 aliphatic rings. The summed E-state index contributed by atoms with van der Waals surface area (Å²) in [6.45, 7) is 4.93. The molecule has 28 heavy (non-hydrogen) atoms. The summed E-state index contributed by atoms with van der Waals surface area (Å²) in [7, 11) is 0. The van der Waals surface area contributed by atoms with Crippen LogP contribution in [0.5, 0.6) is 0 Å². The van der Waals surface area contributed by atoms with Gasteiger partial charge in [-0.15, -0.1) is 0 Å². The zero-order chi connectivity index (χ0) is 19.8. The maximum atomic E-state index is 12.9. The molecular weight excluding hydrogens is 356 g/mol. The van der Waals surface area contributed by atoms with Crippen molar-refractivity contribution >= 4 is 22.8 Å². The zero-order valence-corrected chi connectivity index (χ0v) is 16.5. The number of piperazine rings is 1. The van der Waals surface area contributed by atoms with E-state index < -0.39 is 5.91 Å². The van der Waals surface area contributed by atoms with Crippen LogP contribution in [0.3, 0.4) is 0 Å². The van der Waals surface area contributed by atoms with Gasteiger partial charge in [0, 0.05) is 25.2 Å². The second kappa shape index (κ2) is 7.41. The van der Waals surface area contributed by atoms with Gasteiger partial charge in [0.05, 0.1) is 5.39 Å². The average molecular weight is 382 g/mol. The number of hydrogen-bond acceptors (Lipinski definition) is 4. The third-order valence-electron chi connectivity index (χ3n) is 6.11. The third-order valence-corrected chi connectivity index (χ3v) is 6.11. The van der Waals surface area contributed by atoms with Crippen LogP contribution in [0.4, 0.5) is 0 Å². The van der Waals surface area contributed by atoms with E-state index in [0.717, 1.165) is 36.8 Å². The fourth-order valence-corrected chi connectivity index (χ4v) is 4.31. The normalized spacial score (nSPS) is 18.7. The lowest BCUT2D eigenvalue weighted by molar-refractivity contribution is -0.138. The van der Waals surface area contributed by atoms with E-state index in [4.69, 9.17) is 4.42 Å². The van der Waals surface area contributed by atoms with Crippen molar-refractivity contribution in [3.63, 3.8) is 0 Å². The minimum atomic E-state index is -0.395. The van der Waals surface area contributed by atoms with Crippen molar-refractivity contribution in [2.75, 3.05) is 19.6 Å². The quantitative estimate of drug-likeness (QED) is 0.800. The van der Waals surface area contributed by atoms with E-state index in [1.165, 1.54) is 17.4 Å². The molecule has 0 radical (unpaired) electrons. The summed E-state index contributed by atoms with van der Waals surface area (Å²) in [5.74, 6) is -0.408. The molecule has 2 amide bonds. The first-order chi connectivity index (χ1) is 13.4. The Labute approximate surface area is 164 Å². The highest BCUT2D eigenvalue weighted by atomic mass is 16.3. The van der Waals surface area contributed by atoms with Crippen LogP contribution in [0, 0.1) is 13.8 Å². The Hall–Kier alpha value is -2.63. The first-order valence-electron chi connectivity index (χ1n) is 10.1. The fourth-order valence-electron chi connectivity index (χ4n) is 4.31. The molecule has 2 aromatic rings. The number of rotatable bonds is 2. The van der Waals surface area contributed by atoms with Gasteiger partial charge in [0.2, 0.25) is 5.91 Å². The molecule has 1 aliphatic carbocycles. The number of carbonyl (C=O) groups excluding carboxylic acids is 2. The molecule has 0 N–H and O–H groups in total. The summed E-state index contributed by atoms with van der Waals surface area (Å²) in [5, 5.41) is 0.470. The van der Waals surface area contributed by atoms with E-state index >= 15 is 0 Å². The summed E-state index contributed by atoms with van der Waals surface area (Å²) in [4.78, 5) is 41.4. The fraction of sp³-hybridized carbons (Fsp3) is 0.500. The predicted molar refractivity (Wildman–Crippen MR) is 106 cm³/mol. The number of aryl methyl sites for hydroxylation is 2. The highest BCUT2D eigenvalue weighted by Crippen LogP contribution is 2.25. The first kappa shape index (κ1) is 18.7. The zero-order valence-electron chi connectivity index (χ0n) is 16.5. The van der Waals surface area contributed by atoms with Crippen LogP contribution in [-0.2, 0) is 4.79 Å². The van der Waals surface area contributed by atoms with E-state index in [1.807, 2.05) is 18.7 Å². The Bertz CT molecular complexity index is 988. The van der Waals surface area contributed by atoms with Crippen molar-refractivity contribution in [2.24, 2.45) is 0 Å². The van der Waals surface area contributed by atoms with Crippen LogP contribution < -0.4 is 5.43 Å². The first-order valence-corrected chi connectivity index (χ1v) is 10.1. The van der Waals surface area contributed by atoms with Gasteiger partial charge < -0.3 is 14.2 Å². The Morgan fingerprint density at radius 3 is 2.43 bits per heavy atom. The predicted octanol–water partition coefficient (Wildman–Crippen LogP) is 3.03. The number of fused-ring (bicyclic) bond motifs is 1. The maximum Gasteiger partial charge on any atom is 0.290 e. The molecule has 4 rings (SSSR count). The average Bonchev–Trinajstić information content (AvgIpc) is 2.69. The lowest BCUT2D eigenvalue weighted by atomic mass is 9.93. The van der Waals surface area contributed by atoms with E-state index in [9.17, 15) is 14.4 Å². The number of carbonyl (C=O) groups is 2. The van der Waals surface area contributed by atoms with Gasteiger partial charge in [-0.3, -0.25) is 14.4 Å². The van der Waals surface area contributed by atoms with Gasteiger partial charge >= 0.3 is 0 Å². The monoisotopic (exact) mass is 382 g/mol. The molecular formula is C22H26N2O4. The van der Waals surface area contributed by atoms with E-state index in [1.54, 1.807) is 12.1 Å². The van der Waals surface area contributed by atoms with Crippen LogP contribution in [-0.4, -0.2) is 47.3 Å². The molecule has 1 saturated carbocycles. The summed E-state index contributed by atoms with van der Waals surface area (Å²) >= 11 is 0. The van der Waals surface area contributed by atoms with Gasteiger partial charge in [-0.05, 0) is 49.9 Å². The van der Waals surface area contributed by atoms with Crippen molar-refractivity contribution in [1.29, 1.82) is 0 Å². The minimum Gasteiger partial charge on any atom is -0.451 e. The molecule has 1 saturated heterocycles. The summed E-state index contributed by atoms with van der Waals surface area (Å²) in [6.07, 6.45) is 5.68. The molecule has 0 spiro atoms. The molecule has 0 bridgehead atoms. The van der Waals surface area contributed by atoms with Gasteiger partial charge in [-0.1, -0.05) is 19.3 Å². The molecule has 1 aliphatic heterocycles. The Morgan fingerprint density at radius 1 is 1.00 bits per heavy atom. The number of amides is 2. The third kappa shape index (κ3) is 3.43. The molecule has 0 atom stereocenters. The molecule has 2 heterocycles. The van der Waals surface area contributed by atoms with Crippen molar-refractivity contribution in [3.8, 4) is 0 Å². The largest absolute Gasteiger partial charge is 0.451 e. The number of hydrogen-bond donors (Lipinski definition) is 0. The maximum absolute atomic E-state index is 12.9. The second-order valence-corrected chi connectivity index (χ2v) is 8.01. The van der Waals surface area contributed by atoms with Crippen molar-refractivity contribution < 1.29 is 14.0 Å². The molecule has 148 valence electrons. The van der Waals surface area contributed by atoms with Crippen LogP contribution >= 0.6 is 0 Å². The molecule has 6 nitrogen and oxygen atoms in total. The van der Waals surface area contributed by atoms with Crippen molar-refractivity contribution in [3.05, 3.63) is 45.3 Å². The number of nitrogens with zero attached hydrogens (tertiary/aromatic N) is 2. The minimum absolute atomic E-state index is 0.000306. The molecule has 1 aromatic carbocycles. The van der Waals surface area contributed by atoms with Crippen LogP contribution in [0.15, 0.2) is 27.4 Å². The summed E-state index contributed by atoms with van der Waals surface area (Å²) in [5.41, 5.74) is 2.17. The SMILES string of the molecule is Cc1cc2oc(C(=O)N3CCN(C4CCCCC4)C(=O)C3)cc(=O)c2cc1C. The highest BCUT2D eigenvalue weighted by molar-refractivity contribution is 5.96. The van der Waals surface area contributed by atoms with Crippen LogP contribution in [0.1, 0.15) is 53.8 Å². The van der Waals surface area contributed by atoms with Gasteiger partial charge in [0.25, 0.3) is 5.91 Å². The van der Waals surface area contributed by atoms with Gasteiger partial charge in [-0.25, -0.2) is 0 Å². The standard InChI is InChI=1S/C22H26N2O4/c1-14-10-17-18(25)12-20(28-19(17)11-15(14)2)22(27)23-8-9-24(21(26)13-23)16-6-4-3-5-7-16/h10-12,16H,3-9,13H2,1-2H3. The Balaban J connectivity index is 1.54. The van der Waals surface area contributed by atoms with Crippen LogP contribution in [0.25, 0.3) is 11.0 Å². The van der Waals surface area contributed by atoms with Crippen LogP contribution in [0.2, 0.25) is 0 Å². The van der Waals surface area contributed by atoms with Crippen molar-refractivity contribution in [2.45, 2.75) is 52.0 Å². The highest BCUT2D eigenvalue weighted by Gasteiger charge is 2.33. The molecule has 6 heteroatoms. The van der Waals surface area contributed by atoms with E-state index in [2.05, 4.69) is 0 Å². The van der Waals surface area contributed by atoms with E-state index in [-0.39, 0.29) is 23.6 Å².